The SMILES string of the molecule is CC(C)(CCC(=O)O)c1ccc2c(c1)CCCC2. The van der Waals surface area contributed by atoms with E-state index in [-0.39, 0.29) is 11.8 Å². The molecule has 2 nitrogen and oxygen atoms in total. The van der Waals surface area contributed by atoms with E-state index in [2.05, 4.69) is 32.0 Å². The fourth-order valence-electron chi connectivity index (χ4n) is 2.72. The molecule has 1 aromatic carbocycles. The number of aryl methyl sites for hydroxylation is 2. The van der Waals surface area contributed by atoms with Gasteiger partial charge in [0.05, 0.1) is 0 Å². The molecule has 0 heterocycles. The summed E-state index contributed by atoms with van der Waals surface area (Å²) in [4.78, 5) is 10.7. The zero-order valence-corrected chi connectivity index (χ0v) is 11.3. The second kappa shape index (κ2) is 5.13. The van der Waals surface area contributed by atoms with Crippen LogP contribution in [-0.2, 0) is 23.1 Å². The fourth-order valence-corrected chi connectivity index (χ4v) is 2.72. The predicted molar refractivity (Wildman–Crippen MR) is 73.0 cm³/mol. The molecule has 0 radical (unpaired) electrons. The second-order valence-electron chi connectivity index (χ2n) is 5.97. The van der Waals surface area contributed by atoms with Gasteiger partial charge in [-0.05, 0) is 54.2 Å². The molecule has 1 aliphatic rings. The number of carboxylic acids is 1. The average molecular weight is 246 g/mol. The van der Waals surface area contributed by atoms with Crippen LogP contribution in [0.15, 0.2) is 18.2 Å². The van der Waals surface area contributed by atoms with Crippen LogP contribution in [0, 0.1) is 0 Å². The molecule has 2 heteroatoms. The highest BCUT2D eigenvalue weighted by atomic mass is 16.4. The minimum Gasteiger partial charge on any atom is -0.481 e. The van der Waals surface area contributed by atoms with Crippen LogP contribution >= 0.6 is 0 Å². The maximum absolute atomic E-state index is 10.7. The van der Waals surface area contributed by atoms with Crippen LogP contribution in [0.25, 0.3) is 0 Å². The Bertz CT molecular complexity index is 446. The van der Waals surface area contributed by atoms with E-state index in [1.54, 1.807) is 0 Å². The van der Waals surface area contributed by atoms with Crippen molar-refractivity contribution in [3.63, 3.8) is 0 Å². The molecular weight excluding hydrogens is 224 g/mol. The van der Waals surface area contributed by atoms with Crippen molar-refractivity contribution in [2.45, 2.75) is 57.8 Å². The molecule has 0 bridgehead atoms. The summed E-state index contributed by atoms with van der Waals surface area (Å²) in [5, 5.41) is 8.82. The molecule has 0 amide bonds. The third-order valence-corrected chi connectivity index (χ3v) is 4.09. The lowest BCUT2D eigenvalue weighted by Crippen LogP contribution is -2.19. The maximum atomic E-state index is 10.7. The van der Waals surface area contributed by atoms with Crippen molar-refractivity contribution in [1.82, 2.24) is 0 Å². The minimum absolute atomic E-state index is 0.0507. The number of hydrogen-bond donors (Lipinski definition) is 1. The normalized spacial score (nSPS) is 15.2. The van der Waals surface area contributed by atoms with Crippen molar-refractivity contribution < 1.29 is 9.90 Å². The van der Waals surface area contributed by atoms with Gasteiger partial charge in [0, 0.05) is 6.42 Å². The van der Waals surface area contributed by atoms with Gasteiger partial charge in [-0.2, -0.15) is 0 Å². The number of carboxylic acid groups (broad SMARTS) is 1. The standard InChI is InChI=1S/C16H22O2/c1-16(2,10-9-15(17)18)14-8-7-12-5-3-4-6-13(12)11-14/h7-8,11H,3-6,9-10H2,1-2H3,(H,17,18). The Hall–Kier alpha value is -1.31. The van der Waals surface area contributed by atoms with Crippen LogP contribution in [0.4, 0.5) is 0 Å². The van der Waals surface area contributed by atoms with Gasteiger partial charge in [0.2, 0.25) is 0 Å². The molecule has 2 rings (SSSR count). The molecule has 0 unspecified atom stereocenters. The largest absolute Gasteiger partial charge is 0.481 e. The summed E-state index contributed by atoms with van der Waals surface area (Å²) in [7, 11) is 0. The molecule has 1 aromatic rings. The van der Waals surface area contributed by atoms with Gasteiger partial charge >= 0.3 is 5.97 Å². The number of hydrogen-bond acceptors (Lipinski definition) is 1. The van der Waals surface area contributed by atoms with Crippen LogP contribution in [0.3, 0.4) is 0 Å². The first-order valence-electron chi connectivity index (χ1n) is 6.83. The predicted octanol–water partition coefficient (Wildman–Crippen LogP) is 3.71. The molecule has 18 heavy (non-hydrogen) atoms. The third-order valence-electron chi connectivity index (χ3n) is 4.09. The van der Waals surface area contributed by atoms with Crippen molar-refractivity contribution in [3.05, 3.63) is 34.9 Å². The minimum atomic E-state index is -0.707. The number of benzene rings is 1. The number of aliphatic carboxylic acids is 1. The average Bonchev–Trinajstić information content (AvgIpc) is 2.36. The van der Waals surface area contributed by atoms with Gasteiger partial charge in [-0.3, -0.25) is 4.79 Å². The highest BCUT2D eigenvalue weighted by Gasteiger charge is 2.23. The summed E-state index contributed by atoms with van der Waals surface area (Å²) >= 11 is 0. The Morgan fingerprint density at radius 2 is 1.89 bits per heavy atom. The van der Waals surface area contributed by atoms with Crippen LogP contribution in [0.1, 0.15) is 56.2 Å². The van der Waals surface area contributed by atoms with Crippen molar-refractivity contribution in [2.75, 3.05) is 0 Å². The second-order valence-corrected chi connectivity index (χ2v) is 5.97. The molecule has 0 aliphatic heterocycles. The Morgan fingerprint density at radius 3 is 2.56 bits per heavy atom. The summed E-state index contributed by atoms with van der Waals surface area (Å²) < 4.78 is 0. The zero-order valence-electron chi connectivity index (χ0n) is 11.3. The van der Waals surface area contributed by atoms with E-state index < -0.39 is 5.97 Å². The molecule has 98 valence electrons. The summed E-state index contributed by atoms with van der Waals surface area (Å²) in [6.07, 6.45) is 5.90. The molecule has 1 N–H and O–H groups in total. The van der Waals surface area contributed by atoms with E-state index in [0.29, 0.717) is 6.42 Å². The lowest BCUT2D eigenvalue weighted by atomic mass is 9.78. The van der Waals surface area contributed by atoms with Gasteiger partial charge in [-0.25, -0.2) is 0 Å². The van der Waals surface area contributed by atoms with Gasteiger partial charge < -0.3 is 5.11 Å². The highest BCUT2D eigenvalue weighted by Crippen LogP contribution is 2.32. The first-order valence-corrected chi connectivity index (χ1v) is 6.83. The van der Waals surface area contributed by atoms with Crippen LogP contribution < -0.4 is 0 Å². The van der Waals surface area contributed by atoms with E-state index in [4.69, 9.17) is 5.11 Å². The number of rotatable bonds is 4. The van der Waals surface area contributed by atoms with Crippen molar-refractivity contribution >= 4 is 5.97 Å². The zero-order chi connectivity index (χ0) is 13.2. The van der Waals surface area contributed by atoms with Gasteiger partial charge in [0.25, 0.3) is 0 Å². The molecule has 0 spiro atoms. The summed E-state index contributed by atoms with van der Waals surface area (Å²) in [6.45, 7) is 4.28. The topological polar surface area (TPSA) is 37.3 Å². The number of carbonyl (C=O) groups is 1. The van der Waals surface area contributed by atoms with E-state index in [1.807, 2.05) is 0 Å². The van der Waals surface area contributed by atoms with Crippen LogP contribution in [0.5, 0.6) is 0 Å². The maximum Gasteiger partial charge on any atom is 0.303 e. The van der Waals surface area contributed by atoms with Crippen molar-refractivity contribution in [1.29, 1.82) is 0 Å². The molecule has 0 saturated carbocycles. The Balaban J connectivity index is 2.19. The van der Waals surface area contributed by atoms with Gasteiger partial charge in [-0.1, -0.05) is 32.0 Å². The van der Waals surface area contributed by atoms with E-state index in [9.17, 15) is 4.79 Å². The Morgan fingerprint density at radius 1 is 1.22 bits per heavy atom. The van der Waals surface area contributed by atoms with Gasteiger partial charge in [0.15, 0.2) is 0 Å². The van der Waals surface area contributed by atoms with E-state index in [1.165, 1.54) is 42.4 Å². The smallest absolute Gasteiger partial charge is 0.303 e. The molecule has 0 saturated heterocycles. The van der Waals surface area contributed by atoms with Crippen molar-refractivity contribution in [2.24, 2.45) is 0 Å². The van der Waals surface area contributed by atoms with Crippen LogP contribution in [0.2, 0.25) is 0 Å². The summed E-state index contributed by atoms with van der Waals surface area (Å²) in [6, 6.07) is 6.73. The summed E-state index contributed by atoms with van der Waals surface area (Å²) in [5.74, 6) is -0.707. The molecule has 0 aromatic heterocycles. The fraction of sp³-hybridized carbons (Fsp3) is 0.562. The Kier molecular flexibility index (Phi) is 3.74. The molecule has 0 atom stereocenters. The first-order chi connectivity index (χ1) is 8.49. The Labute approximate surface area is 109 Å². The van der Waals surface area contributed by atoms with Crippen molar-refractivity contribution in [3.8, 4) is 0 Å². The third kappa shape index (κ3) is 2.92. The van der Waals surface area contributed by atoms with Gasteiger partial charge in [-0.15, -0.1) is 0 Å². The lowest BCUT2D eigenvalue weighted by molar-refractivity contribution is -0.137. The van der Waals surface area contributed by atoms with E-state index in [0.717, 1.165) is 0 Å². The van der Waals surface area contributed by atoms with Crippen LogP contribution in [-0.4, -0.2) is 11.1 Å². The lowest BCUT2D eigenvalue weighted by Gasteiger charge is -2.27. The molecular formula is C16H22O2. The highest BCUT2D eigenvalue weighted by molar-refractivity contribution is 5.66. The van der Waals surface area contributed by atoms with E-state index >= 15 is 0 Å². The summed E-state index contributed by atoms with van der Waals surface area (Å²) in [5.41, 5.74) is 4.19. The first kappa shape index (κ1) is 13.1. The van der Waals surface area contributed by atoms with Gasteiger partial charge in [0.1, 0.15) is 0 Å². The quantitative estimate of drug-likeness (QED) is 0.879. The number of fused-ring (bicyclic) bond motifs is 1. The molecule has 0 fully saturated rings. The monoisotopic (exact) mass is 246 g/mol. The molecule has 1 aliphatic carbocycles.